The van der Waals surface area contributed by atoms with Gasteiger partial charge in [0.05, 0.1) is 17.8 Å². The Labute approximate surface area is 186 Å². The van der Waals surface area contributed by atoms with E-state index >= 15 is 0 Å². The van der Waals surface area contributed by atoms with Crippen molar-refractivity contribution in [1.29, 1.82) is 0 Å². The number of carbonyl (C=O) groups excluding carboxylic acids is 1. The second-order valence-electron chi connectivity index (χ2n) is 8.12. The summed E-state index contributed by atoms with van der Waals surface area (Å²) in [6.45, 7) is 2.16. The van der Waals surface area contributed by atoms with Gasteiger partial charge in [0.25, 0.3) is 11.5 Å². The number of alkyl halides is 3. The molecule has 1 aliphatic rings. The van der Waals surface area contributed by atoms with E-state index < -0.39 is 34.6 Å². The second-order valence-corrected chi connectivity index (χ2v) is 8.12. The molecule has 172 valence electrons. The lowest BCUT2D eigenvalue weighted by Crippen LogP contribution is -2.46. The maximum Gasteiger partial charge on any atom is 0.416 e. The Hall–Kier alpha value is -3.69. The molecule has 1 aliphatic carbocycles. The van der Waals surface area contributed by atoms with E-state index in [0.29, 0.717) is 18.0 Å². The number of nitrogens with zero attached hydrogens (tertiary/aromatic N) is 3. The molecular formula is C23H21F3N4O3. The number of benzene rings is 2. The fourth-order valence-corrected chi connectivity index (χ4v) is 3.28. The minimum absolute atomic E-state index is 0.00176. The predicted octanol–water partition coefficient (Wildman–Crippen LogP) is 2.91. The summed E-state index contributed by atoms with van der Waals surface area (Å²) in [6, 6.07) is 10.9. The van der Waals surface area contributed by atoms with Gasteiger partial charge in [-0.2, -0.15) is 23.0 Å². The number of nitrogens with one attached hydrogen (secondary N) is 1. The van der Waals surface area contributed by atoms with Gasteiger partial charge in [-0.25, -0.2) is 4.79 Å². The number of aryl methyl sites for hydroxylation is 1. The van der Waals surface area contributed by atoms with E-state index in [1.54, 1.807) is 12.1 Å². The first-order valence-corrected chi connectivity index (χ1v) is 10.4. The molecule has 1 saturated carbocycles. The van der Waals surface area contributed by atoms with Crippen molar-refractivity contribution in [3.8, 4) is 5.69 Å². The van der Waals surface area contributed by atoms with Crippen LogP contribution in [0.2, 0.25) is 0 Å². The quantitative estimate of drug-likeness (QED) is 0.616. The lowest BCUT2D eigenvalue weighted by Gasteiger charge is -2.13. The molecule has 0 radical (unpaired) electrons. The smallest absolute Gasteiger partial charge is 0.350 e. The van der Waals surface area contributed by atoms with Crippen LogP contribution in [0.3, 0.4) is 0 Å². The summed E-state index contributed by atoms with van der Waals surface area (Å²) in [5, 5.41) is 6.57. The molecule has 1 N–H and O–H groups in total. The van der Waals surface area contributed by atoms with Crippen LogP contribution in [0.25, 0.3) is 5.69 Å². The number of hydrogen-bond donors (Lipinski definition) is 1. The molecule has 1 amide bonds. The van der Waals surface area contributed by atoms with Crippen LogP contribution in [0.1, 0.15) is 40.0 Å². The Morgan fingerprint density at radius 1 is 1.06 bits per heavy atom. The van der Waals surface area contributed by atoms with Gasteiger partial charge in [-0.15, -0.1) is 0 Å². The van der Waals surface area contributed by atoms with Crippen LogP contribution >= 0.6 is 0 Å². The van der Waals surface area contributed by atoms with E-state index in [0.717, 1.165) is 51.9 Å². The number of amides is 1. The van der Waals surface area contributed by atoms with E-state index in [9.17, 15) is 27.6 Å². The maximum atomic E-state index is 13.1. The average Bonchev–Trinajstić information content (AvgIpc) is 3.60. The fraction of sp³-hybridized carbons (Fsp3) is 0.304. The standard InChI is InChI=1S/C23H21F3N4O3/c1-14-2-4-16(5-3-14)13-29-21(32)19(20(31)27-12-15-6-7-15)28-30(22(29)33)18-10-8-17(9-11-18)23(24,25)26/h2-5,8-11,15H,6-7,12-13H2,1H3,(H,27,31). The van der Waals surface area contributed by atoms with Crippen molar-refractivity contribution in [2.75, 3.05) is 6.54 Å². The van der Waals surface area contributed by atoms with E-state index in [1.165, 1.54) is 0 Å². The molecule has 7 nitrogen and oxygen atoms in total. The van der Waals surface area contributed by atoms with Crippen molar-refractivity contribution < 1.29 is 18.0 Å². The molecule has 0 saturated heterocycles. The Balaban J connectivity index is 1.79. The Bertz CT molecular complexity index is 1290. The van der Waals surface area contributed by atoms with Crippen molar-refractivity contribution >= 4 is 5.91 Å². The van der Waals surface area contributed by atoms with Gasteiger partial charge in [0, 0.05) is 6.54 Å². The van der Waals surface area contributed by atoms with Gasteiger partial charge in [-0.05, 0) is 55.5 Å². The molecular weight excluding hydrogens is 437 g/mol. The number of halogens is 3. The summed E-state index contributed by atoms with van der Waals surface area (Å²) >= 11 is 0. The topological polar surface area (TPSA) is 86.0 Å². The third-order valence-corrected chi connectivity index (χ3v) is 5.42. The fourth-order valence-electron chi connectivity index (χ4n) is 3.28. The van der Waals surface area contributed by atoms with Gasteiger partial charge in [0.2, 0.25) is 5.69 Å². The number of carbonyl (C=O) groups is 1. The zero-order valence-electron chi connectivity index (χ0n) is 17.7. The van der Waals surface area contributed by atoms with Crippen molar-refractivity contribution in [2.24, 2.45) is 5.92 Å². The van der Waals surface area contributed by atoms with Gasteiger partial charge < -0.3 is 5.32 Å². The molecule has 1 aromatic heterocycles. The van der Waals surface area contributed by atoms with E-state index in [2.05, 4.69) is 10.4 Å². The molecule has 4 rings (SSSR count). The second kappa shape index (κ2) is 8.68. The highest BCUT2D eigenvalue weighted by Crippen LogP contribution is 2.29. The Morgan fingerprint density at radius 2 is 1.70 bits per heavy atom. The van der Waals surface area contributed by atoms with Gasteiger partial charge in [0.15, 0.2) is 0 Å². The summed E-state index contributed by atoms with van der Waals surface area (Å²) in [7, 11) is 0. The zero-order chi connectivity index (χ0) is 23.8. The third-order valence-electron chi connectivity index (χ3n) is 5.42. The number of rotatable bonds is 6. The van der Waals surface area contributed by atoms with Gasteiger partial charge >= 0.3 is 11.9 Å². The summed E-state index contributed by atoms with van der Waals surface area (Å²) in [4.78, 5) is 38.8. The molecule has 10 heteroatoms. The largest absolute Gasteiger partial charge is 0.416 e. The summed E-state index contributed by atoms with van der Waals surface area (Å²) in [5.74, 6) is -0.380. The number of aromatic nitrogens is 3. The van der Waals surface area contributed by atoms with Crippen LogP contribution in [-0.4, -0.2) is 26.8 Å². The van der Waals surface area contributed by atoms with E-state index in [4.69, 9.17) is 0 Å². The molecule has 0 bridgehead atoms. The Morgan fingerprint density at radius 3 is 2.27 bits per heavy atom. The molecule has 33 heavy (non-hydrogen) atoms. The zero-order valence-corrected chi connectivity index (χ0v) is 17.7. The molecule has 0 unspecified atom stereocenters. The van der Waals surface area contributed by atoms with Crippen LogP contribution < -0.4 is 16.6 Å². The normalized spacial score (nSPS) is 13.7. The van der Waals surface area contributed by atoms with Gasteiger partial charge in [0.1, 0.15) is 0 Å². The van der Waals surface area contributed by atoms with Crippen LogP contribution in [-0.2, 0) is 12.7 Å². The summed E-state index contributed by atoms with van der Waals surface area (Å²) in [6.07, 6.45) is -2.58. The summed E-state index contributed by atoms with van der Waals surface area (Å²) in [5.41, 5.74) is -1.48. The predicted molar refractivity (Wildman–Crippen MR) is 114 cm³/mol. The molecule has 2 aromatic carbocycles. The van der Waals surface area contributed by atoms with Crippen LogP contribution in [0.4, 0.5) is 13.2 Å². The molecule has 1 fully saturated rings. The molecule has 0 spiro atoms. The Kier molecular flexibility index (Phi) is 5.92. The van der Waals surface area contributed by atoms with Crippen molar-refractivity contribution in [3.63, 3.8) is 0 Å². The molecule has 0 aliphatic heterocycles. The first-order valence-electron chi connectivity index (χ1n) is 10.4. The SMILES string of the molecule is Cc1ccc(Cn2c(=O)c(C(=O)NCC3CC3)nn(-c3ccc(C(F)(F)F)cc3)c2=O)cc1. The average molecular weight is 458 g/mol. The van der Waals surface area contributed by atoms with Crippen molar-refractivity contribution in [3.05, 3.63) is 91.8 Å². The maximum absolute atomic E-state index is 13.1. The van der Waals surface area contributed by atoms with Crippen molar-refractivity contribution in [1.82, 2.24) is 19.7 Å². The highest BCUT2D eigenvalue weighted by Gasteiger charge is 2.30. The van der Waals surface area contributed by atoms with Gasteiger partial charge in [-0.1, -0.05) is 29.8 Å². The molecule has 3 aromatic rings. The monoisotopic (exact) mass is 458 g/mol. The van der Waals surface area contributed by atoms with Crippen LogP contribution in [0, 0.1) is 12.8 Å². The van der Waals surface area contributed by atoms with E-state index in [-0.39, 0.29) is 12.2 Å². The van der Waals surface area contributed by atoms with Crippen molar-refractivity contribution in [2.45, 2.75) is 32.5 Å². The van der Waals surface area contributed by atoms with Crippen LogP contribution in [0.5, 0.6) is 0 Å². The lowest BCUT2D eigenvalue weighted by molar-refractivity contribution is -0.137. The third kappa shape index (κ3) is 5.05. The minimum Gasteiger partial charge on any atom is -0.350 e. The molecule has 1 heterocycles. The first-order chi connectivity index (χ1) is 15.6. The highest BCUT2D eigenvalue weighted by atomic mass is 19.4. The van der Waals surface area contributed by atoms with E-state index in [1.807, 2.05) is 19.1 Å². The minimum atomic E-state index is -4.55. The number of hydrogen-bond acceptors (Lipinski definition) is 4. The first kappa shape index (κ1) is 22.5. The summed E-state index contributed by atoms with van der Waals surface area (Å²) < 4.78 is 40.4. The van der Waals surface area contributed by atoms with Gasteiger partial charge in [-0.3, -0.25) is 14.2 Å². The molecule has 0 atom stereocenters. The lowest BCUT2D eigenvalue weighted by atomic mass is 10.1. The van der Waals surface area contributed by atoms with Crippen LogP contribution in [0.15, 0.2) is 58.1 Å². The highest BCUT2D eigenvalue weighted by molar-refractivity contribution is 5.91.